The second-order valence-electron chi connectivity index (χ2n) is 8.86. The summed E-state index contributed by atoms with van der Waals surface area (Å²) in [5, 5.41) is 5.95. The van der Waals surface area contributed by atoms with E-state index in [0.29, 0.717) is 32.2 Å². The lowest BCUT2D eigenvalue weighted by Crippen LogP contribution is -2.24. The quantitative estimate of drug-likeness (QED) is 0.252. The summed E-state index contributed by atoms with van der Waals surface area (Å²) in [6.07, 6.45) is 6.30. The standard InChI is InChI=1S/C26H27Cl3N6O/c27-20-13-19(25(22(29)14-20)36-17-18-7-1-2-8-21(18)28)16-30-33-23-15-24(34-9-3-4-10-34)32-26(31-23)35-11-5-6-12-35/h1-2,7-8,13-16H,3-6,9-12,17H2,(H,31,32,33)/b30-16+. The monoisotopic (exact) mass is 544 g/mol. The van der Waals surface area contributed by atoms with Crippen molar-refractivity contribution in [2.24, 2.45) is 5.10 Å². The van der Waals surface area contributed by atoms with Crippen molar-refractivity contribution in [2.45, 2.75) is 32.3 Å². The molecule has 0 spiro atoms. The van der Waals surface area contributed by atoms with Crippen LogP contribution in [-0.4, -0.2) is 42.4 Å². The van der Waals surface area contributed by atoms with E-state index in [2.05, 4.69) is 20.3 Å². The number of halogens is 3. The molecule has 2 saturated heterocycles. The van der Waals surface area contributed by atoms with Gasteiger partial charge in [-0.1, -0.05) is 53.0 Å². The Kier molecular flexibility index (Phi) is 7.99. The fraction of sp³-hybridized carbons (Fsp3) is 0.346. The minimum absolute atomic E-state index is 0.263. The summed E-state index contributed by atoms with van der Waals surface area (Å²) in [6, 6.07) is 12.9. The minimum Gasteiger partial charge on any atom is -0.487 e. The van der Waals surface area contributed by atoms with Crippen molar-refractivity contribution < 1.29 is 4.74 Å². The Morgan fingerprint density at radius 3 is 2.36 bits per heavy atom. The highest BCUT2D eigenvalue weighted by molar-refractivity contribution is 6.36. The van der Waals surface area contributed by atoms with E-state index in [9.17, 15) is 0 Å². The van der Waals surface area contributed by atoms with Gasteiger partial charge < -0.3 is 14.5 Å². The second kappa shape index (κ2) is 11.5. The van der Waals surface area contributed by atoms with Crippen LogP contribution in [0.25, 0.3) is 0 Å². The van der Waals surface area contributed by atoms with Crippen LogP contribution >= 0.6 is 34.8 Å². The Morgan fingerprint density at radius 2 is 1.61 bits per heavy atom. The van der Waals surface area contributed by atoms with Gasteiger partial charge in [0.05, 0.1) is 11.2 Å². The molecule has 0 unspecified atom stereocenters. The van der Waals surface area contributed by atoms with Crippen LogP contribution in [0, 0.1) is 0 Å². The number of aromatic nitrogens is 2. The number of nitrogens with zero attached hydrogens (tertiary/aromatic N) is 5. The molecule has 2 aliphatic rings. The Morgan fingerprint density at radius 1 is 0.889 bits per heavy atom. The maximum atomic E-state index is 6.47. The fourth-order valence-electron chi connectivity index (χ4n) is 4.41. The molecule has 36 heavy (non-hydrogen) atoms. The number of benzene rings is 2. The van der Waals surface area contributed by atoms with E-state index in [1.165, 1.54) is 12.8 Å². The summed E-state index contributed by atoms with van der Waals surface area (Å²) in [5.74, 6) is 2.78. The Labute approximate surface area is 226 Å². The molecule has 5 rings (SSSR count). The number of hydrogen-bond acceptors (Lipinski definition) is 7. The van der Waals surface area contributed by atoms with Crippen molar-refractivity contribution in [2.75, 3.05) is 41.4 Å². The molecule has 0 atom stereocenters. The van der Waals surface area contributed by atoms with Gasteiger partial charge in [0.1, 0.15) is 18.2 Å². The van der Waals surface area contributed by atoms with Gasteiger partial charge in [-0.25, -0.2) is 0 Å². The molecule has 0 saturated carbocycles. The average Bonchev–Trinajstić information content (AvgIpc) is 3.59. The molecule has 10 heteroatoms. The first-order valence-corrected chi connectivity index (χ1v) is 13.2. The Balaban J connectivity index is 1.37. The number of nitrogens with one attached hydrogen (secondary N) is 1. The molecule has 0 aliphatic carbocycles. The van der Waals surface area contributed by atoms with Crippen LogP contribution in [-0.2, 0) is 6.61 Å². The van der Waals surface area contributed by atoms with Crippen LogP contribution in [0.5, 0.6) is 5.75 Å². The largest absolute Gasteiger partial charge is 0.487 e. The van der Waals surface area contributed by atoms with Gasteiger partial charge in [-0.2, -0.15) is 15.1 Å². The van der Waals surface area contributed by atoms with Gasteiger partial charge in [0.2, 0.25) is 5.95 Å². The van der Waals surface area contributed by atoms with E-state index in [4.69, 9.17) is 49.5 Å². The van der Waals surface area contributed by atoms with E-state index in [-0.39, 0.29) is 6.61 Å². The maximum absolute atomic E-state index is 6.47. The van der Waals surface area contributed by atoms with Crippen LogP contribution in [0.4, 0.5) is 17.6 Å². The molecule has 1 N–H and O–H groups in total. The van der Waals surface area contributed by atoms with Gasteiger partial charge in [0, 0.05) is 53.4 Å². The molecule has 3 heterocycles. The zero-order valence-electron chi connectivity index (χ0n) is 19.8. The van der Waals surface area contributed by atoms with Crippen LogP contribution in [0.3, 0.4) is 0 Å². The van der Waals surface area contributed by atoms with Crippen molar-refractivity contribution in [1.82, 2.24) is 9.97 Å². The second-order valence-corrected chi connectivity index (χ2v) is 10.1. The normalized spacial score (nSPS) is 15.8. The molecule has 1 aromatic heterocycles. The molecule has 2 aromatic carbocycles. The van der Waals surface area contributed by atoms with Gasteiger partial charge in [0.15, 0.2) is 5.82 Å². The van der Waals surface area contributed by atoms with Gasteiger partial charge in [-0.3, -0.25) is 5.43 Å². The van der Waals surface area contributed by atoms with Crippen molar-refractivity contribution in [3.8, 4) is 5.75 Å². The first kappa shape index (κ1) is 24.9. The zero-order chi connectivity index (χ0) is 24.9. The maximum Gasteiger partial charge on any atom is 0.229 e. The molecule has 2 aliphatic heterocycles. The molecule has 3 aromatic rings. The molecule has 7 nitrogen and oxygen atoms in total. The van der Waals surface area contributed by atoms with Crippen LogP contribution < -0.4 is 20.0 Å². The summed E-state index contributed by atoms with van der Waals surface area (Å²) >= 11 is 19.0. The topological polar surface area (TPSA) is 65.9 Å². The first-order chi connectivity index (χ1) is 17.6. The summed E-state index contributed by atoms with van der Waals surface area (Å²) in [5.41, 5.74) is 4.57. The van der Waals surface area contributed by atoms with Gasteiger partial charge in [-0.15, -0.1) is 0 Å². The molecule has 0 amide bonds. The average molecular weight is 546 g/mol. The van der Waals surface area contributed by atoms with Gasteiger partial charge in [0.25, 0.3) is 0 Å². The highest BCUT2D eigenvalue weighted by Gasteiger charge is 2.20. The number of ether oxygens (including phenoxy) is 1. The highest BCUT2D eigenvalue weighted by atomic mass is 35.5. The third-order valence-corrected chi connectivity index (χ3v) is 7.14. The van der Waals surface area contributed by atoms with Crippen LogP contribution in [0.15, 0.2) is 47.6 Å². The van der Waals surface area contributed by atoms with E-state index >= 15 is 0 Å². The SMILES string of the molecule is Clc1cc(Cl)c(OCc2ccccc2Cl)c(/C=N/Nc2cc(N3CCCC3)nc(N3CCCC3)n2)c1. The van der Waals surface area contributed by atoms with Gasteiger partial charge in [-0.05, 0) is 43.9 Å². The van der Waals surface area contributed by atoms with Crippen molar-refractivity contribution >= 4 is 58.6 Å². The fourth-order valence-corrected chi connectivity index (χ4v) is 5.16. The lowest BCUT2D eigenvalue weighted by Gasteiger charge is -2.21. The summed E-state index contributed by atoms with van der Waals surface area (Å²) < 4.78 is 6.03. The van der Waals surface area contributed by atoms with E-state index in [1.54, 1.807) is 18.3 Å². The summed E-state index contributed by atoms with van der Waals surface area (Å²) in [4.78, 5) is 14.1. The van der Waals surface area contributed by atoms with Crippen LogP contribution in [0.1, 0.15) is 36.8 Å². The predicted octanol–water partition coefficient (Wildman–Crippen LogP) is 6.66. The molecule has 0 bridgehead atoms. The van der Waals surface area contributed by atoms with E-state index < -0.39 is 0 Å². The lowest BCUT2D eigenvalue weighted by atomic mass is 10.2. The molecule has 0 radical (unpaired) electrons. The Hall–Kier alpha value is -2.74. The van der Waals surface area contributed by atoms with Crippen molar-refractivity contribution in [3.63, 3.8) is 0 Å². The molecule has 188 valence electrons. The lowest BCUT2D eigenvalue weighted by molar-refractivity contribution is 0.306. The number of rotatable bonds is 8. The number of hydrogen-bond donors (Lipinski definition) is 1. The Bertz CT molecular complexity index is 1210. The highest BCUT2D eigenvalue weighted by Crippen LogP contribution is 2.33. The smallest absolute Gasteiger partial charge is 0.229 e. The minimum atomic E-state index is 0.263. The van der Waals surface area contributed by atoms with E-state index in [1.807, 2.05) is 30.3 Å². The van der Waals surface area contributed by atoms with Crippen LogP contribution in [0.2, 0.25) is 15.1 Å². The number of hydrazone groups is 1. The third-order valence-electron chi connectivity index (χ3n) is 6.27. The van der Waals surface area contributed by atoms with Crippen molar-refractivity contribution in [1.29, 1.82) is 0 Å². The third kappa shape index (κ3) is 5.97. The van der Waals surface area contributed by atoms with E-state index in [0.717, 1.165) is 56.4 Å². The molecular formula is C26H27Cl3N6O. The molecule has 2 fully saturated rings. The van der Waals surface area contributed by atoms with Gasteiger partial charge >= 0.3 is 0 Å². The summed E-state index contributed by atoms with van der Waals surface area (Å²) in [7, 11) is 0. The summed E-state index contributed by atoms with van der Waals surface area (Å²) in [6.45, 7) is 4.22. The molecular weight excluding hydrogens is 519 g/mol. The predicted molar refractivity (Wildman–Crippen MR) is 148 cm³/mol. The first-order valence-electron chi connectivity index (χ1n) is 12.1. The van der Waals surface area contributed by atoms with Crippen molar-refractivity contribution in [3.05, 3.63) is 68.7 Å². The number of anilines is 3. The zero-order valence-corrected chi connectivity index (χ0v) is 22.0.